The van der Waals surface area contributed by atoms with Gasteiger partial charge in [-0.2, -0.15) is 0 Å². The predicted octanol–water partition coefficient (Wildman–Crippen LogP) is 3.70. The maximum absolute atomic E-state index is 12.1. The Hall–Kier alpha value is -2.22. The molecule has 0 atom stereocenters. The van der Waals surface area contributed by atoms with Crippen molar-refractivity contribution in [1.82, 2.24) is 14.8 Å². The Labute approximate surface area is 184 Å². The van der Waals surface area contributed by atoms with Gasteiger partial charge in [0.15, 0.2) is 5.84 Å². The minimum Gasteiger partial charge on any atom is -0.409 e. The Morgan fingerprint density at radius 1 is 1.10 bits per heavy atom. The van der Waals surface area contributed by atoms with Gasteiger partial charge in [-0.3, -0.25) is 4.79 Å². The van der Waals surface area contributed by atoms with Gasteiger partial charge in [-0.05, 0) is 18.2 Å². The first kappa shape index (κ1) is 21.5. The lowest BCUT2D eigenvalue weighted by atomic mass is 10.1. The van der Waals surface area contributed by atoms with Crippen molar-refractivity contribution in [2.45, 2.75) is 0 Å². The zero-order chi connectivity index (χ0) is 21.1. The minimum atomic E-state index is -0.156. The fourth-order valence-corrected chi connectivity index (χ4v) is 4.00. The number of anilines is 1. The number of benzene rings is 1. The standard InChI is InChI=1S/C19H20Cl3N5O2/c1-25(2)19(28)12-10-15(22)17(23-11-12)26-6-8-27(9-7-26)18(24-29)16-13(20)4-3-5-14(16)21/h3-5,10-11,29H,6-9H2,1-2H3. The number of piperazine rings is 1. The highest BCUT2D eigenvalue weighted by Crippen LogP contribution is 2.29. The van der Waals surface area contributed by atoms with Gasteiger partial charge >= 0.3 is 0 Å². The molecule has 154 valence electrons. The van der Waals surface area contributed by atoms with E-state index in [-0.39, 0.29) is 5.91 Å². The first-order valence-electron chi connectivity index (χ1n) is 8.87. The summed E-state index contributed by atoms with van der Waals surface area (Å²) < 4.78 is 0. The highest BCUT2D eigenvalue weighted by atomic mass is 35.5. The fourth-order valence-electron chi connectivity index (χ4n) is 3.15. The van der Waals surface area contributed by atoms with Crippen LogP contribution >= 0.6 is 34.8 Å². The van der Waals surface area contributed by atoms with E-state index in [2.05, 4.69) is 10.1 Å². The van der Waals surface area contributed by atoms with Crippen molar-refractivity contribution in [2.75, 3.05) is 45.2 Å². The van der Waals surface area contributed by atoms with Crippen molar-refractivity contribution in [1.29, 1.82) is 0 Å². The first-order chi connectivity index (χ1) is 13.8. The van der Waals surface area contributed by atoms with Crippen molar-refractivity contribution >= 4 is 52.4 Å². The molecule has 0 aliphatic carbocycles. The molecule has 29 heavy (non-hydrogen) atoms. The molecule has 1 saturated heterocycles. The van der Waals surface area contributed by atoms with Gasteiger partial charge in [0.05, 0.1) is 26.2 Å². The molecule has 0 spiro atoms. The molecule has 1 amide bonds. The molecule has 7 nitrogen and oxygen atoms in total. The van der Waals surface area contributed by atoms with Crippen LogP contribution in [0.3, 0.4) is 0 Å². The number of nitrogens with zero attached hydrogens (tertiary/aromatic N) is 5. The van der Waals surface area contributed by atoms with E-state index in [0.29, 0.717) is 64.0 Å². The van der Waals surface area contributed by atoms with Crippen LogP contribution in [0.2, 0.25) is 15.1 Å². The Bertz CT molecular complexity index is 923. The van der Waals surface area contributed by atoms with Crippen molar-refractivity contribution in [3.8, 4) is 0 Å². The van der Waals surface area contributed by atoms with Crippen LogP contribution in [0.5, 0.6) is 0 Å². The molecule has 1 aliphatic heterocycles. The summed E-state index contributed by atoms with van der Waals surface area (Å²) in [5, 5.41) is 14.3. The van der Waals surface area contributed by atoms with Gasteiger partial charge in [-0.15, -0.1) is 0 Å². The average molecular weight is 457 g/mol. The number of oxime groups is 1. The van der Waals surface area contributed by atoms with Crippen LogP contribution in [-0.2, 0) is 0 Å². The van der Waals surface area contributed by atoms with Gasteiger partial charge in [-0.25, -0.2) is 4.98 Å². The van der Waals surface area contributed by atoms with Gasteiger partial charge < -0.3 is 19.9 Å². The molecule has 1 N–H and O–H groups in total. The topological polar surface area (TPSA) is 72.3 Å². The number of pyridine rings is 1. The molecule has 0 unspecified atom stereocenters. The van der Waals surface area contributed by atoms with Crippen LogP contribution in [0.1, 0.15) is 15.9 Å². The van der Waals surface area contributed by atoms with E-state index < -0.39 is 0 Å². The summed E-state index contributed by atoms with van der Waals surface area (Å²) in [5.74, 6) is 0.780. The summed E-state index contributed by atoms with van der Waals surface area (Å²) in [6.45, 7) is 2.29. The largest absolute Gasteiger partial charge is 0.409 e. The third-order valence-corrected chi connectivity index (χ3v) is 5.54. The maximum atomic E-state index is 12.1. The summed E-state index contributed by atoms with van der Waals surface area (Å²) in [4.78, 5) is 21.9. The van der Waals surface area contributed by atoms with E-state index in [1.54, 1.807) is 38.4 Å². The van der Waals surface area contributed by atoms with Crippen molar-refractivity contribution in [3.63, 3.8) is 0 Å². The van der Waals surface area contributed by atoms with E-state index in [1.807, 2.05) is 9.80 Å². The fraction of sp³-hybridized carbons (Fsp3) is 0.316. The number of hydrogen-bond donors (Lipinski definition) is 1. The molecule has 0 radical (unpaired) electrons. The van der Waals surface area contributed by atoms with Crippen LogP contribution < -0.4 is 4.90 Å². The second-order valence-electron chi connectivity index (χ2n) is 6.72. The maximum Gasteiger partial charge on any atom is 0.254 e. The number of amidine groups is 1. The molecule has 10 heteroatoms. The van der Waals surface area contributed by atoms with Crippen LogP contribution in [-0.4, -0.2) is 72.0 Å². The number of aromatic nitrogens is 1. The SMILES string of the molecule is CN(C)C(=O)c1cnc(N2CCN(C(=NO)c3c(Cl)cccc3Cl)CC2)c(Cl)c1. The second kappa shape index (κ2) is 9.07. The first-order valence-corrected chi connectivity index (χ1v) is 10.0. The van der Waals surface area contributed by atoms with E-state index in [0.717, 1.165) is 0 Å². The minimum absolute atomic E-state index is 0.156. The summed E-state index contributed by atoms with van der Waals surface area (Å²) >= 11 is 18.9. The van der Waals surface area contributed by atoms with Crippen LogP contribution in [0.25, 0.3) is 0 Å². The molecule has 2 heterocycles. The number of carbonyl (C=O) groups excluding carboxylic acids is 1. The lowest BCUT2D eigenvalue weighted by Gasteiger charge is -2.37. The summed E-state index contributed by atoms with van der Waals surface area (Å²) in [7, 11) is 3.35. The molecule has 1 aliphatic rings. The van der Waals surface area contributed by atoms with Crippen LogP contribution in [0.4, 0.5) is 5.82 Å². The molecule has 1 aromatic heterocycles. The van der Waals surface area contributed by atoms with E-state index in [4.69, 9.17) is 34.8 Å². The number of hydrogen-bond acceptors (Lipinski definition) is 5. The van der Waals surface area contributed by atoms with E-state index in [1.165, 1.54) is 11.1 Å². The Morgan fingerprint density at radius 2 is 1.72 bits per heavy atom. The van der Waals surface area contributed by atoms with Gasteiger partial charge in [0.1, 0.15) is 5.82 Å². The third kappa shape index (κ3) is 4.52. The summed E-state index contributed by atoms with van der Waals surface area (Å²) in [6.07, 6.45) is 1.53. The number of halogens is 3. The number of carbonyl (C=O) groups is 1. The zero-order valence-corrected chi connectivity index (χ0v) is 18.2. The van der Waals surface area contributed by atoms with Gasteiger partial charge in [-0.1, -0.05) is 46.0 Å². The average Bonchev–Trinajstić information content (AvgIpc) is 2.70. The lowest BCUT2D eigenvalue weighted by Crippen LogP contribution is -2.49. The van der Waals surface area contributed by atoms with Crippen molar-refractivity contribution < 1.29 is 10.0 Å². The molecule has 2 aromatic rings. The molecule has 3 rings (SSSR count). The van der Waals surface area contributed by atoms with Gasteiger partial charge in [0.25, 0.3) is 5.91 Å². The van der Waals surface area contributed by atoms with E-state index >= 15 is 0 Å². The second-order valence-corrected chi connectivity index (χ2v) is 7.94. The van der Waals surface area contributed by atoms with Gasteiger partial charge in [0.2, 0.25) is 0 Å². The summed E-state index contributed by atoms with van der Waals surface area (Å²) in [6, 6.07) is 6.76. The normalized spacial score (nSPS) is 14.9. The van der Waals surface area contributed by atoms with Crippen molar-refractivity contribution in [3.05, 3.63) is 56.7 Å². The highest BCUT2D eigenvalue weighted by molar-refractivity contribution is 6.40. The smallest absolute Gasteiger partial charge is 0.254 e. The predicted molar refractivity (Wildman–Crippen MR) is 116 cm³/mol. The van der Waals surface area contributed by atoms with Crippen LogP contribution in [0.15, 0.2) is 35.6 Å². The van der Waals surface area contributed by atoms with E-state index in [9.17, 15) is 10.0 Å². The molecule has 1 aromatic carbocycles. The Balaban J connectivity index is 1.74. The van der Waals surface area contributed by atoms with Crippen LogP contribution in [0, 0.1) is 0 Å². The highest BCUT2D eigenvalue weighted by Gasteiger charge is 2.26. The third-order valence-electron chi connectivity index (χ3n) is 4.63. The molecular weight excluding hydrogens is 437 g/mol. The van der Waals surface area contributed by atoms with Crippen molar-refractivity contribution in [2.24, 2.45) is 5.16 Å². The lowest BCUT2D eigenvalue weighted by molar-refractivity contribution is 0.0827. The van der Waals surface area contributed by atoms with Gasteiger partial charge in [0, 0.05) is 46.5 Å². The molecular formula is C19H20Cl3N5O2. The molecule has 1 fully saturated rings. The quantitative estimate of drug-likeness (QED) is 0.330. The molecule has 0 saturated carbocycles. The monoisotopic (exact) mass is 455 g/mol. The number of amides is 1. The Kier molecular flexibility index (Phi) is 6.72. The summed E-state index contributed by atoms with van der Waals surface area (Å²) in [5.41, 5.74) is 0.930. The Morgan fingerprint density at radius 3 is 2.24 bits per heavy atom. The number of rotatable bonds is 3. The molecule has 0 bridgehead atoms. The zero-order valence-electron chi connectivity index (χ0n) is 15.9.